The number of halogens is 2. The highest BCUT2D eigenvalue weighted by Crippen LogP contribution is 2.30. The summed E-state index contributed by atoms with van der Waals surface area (Å²) in [4.78, 5) is 4.64. The lowest BCUT2D eigenvalue weighted by molar-refractivity contribution is -0.107. The van der Waals surface area contributed by atoms with Gasteiger partial charge in [0, 0.05) is 29.7 Å². The molecule has 0 radical (unpaired) electrons. The van der Waals surface area contributed by atoms with Gasteiger partial charge in [-0.2, -0.15) is 4.39 Å². The summed E-state index contributed by atoms with van der Waals surface area (Å²) in [6.45, 7) is 0.554. The Morgan fingerprint density at radius 3 is 2.14 bits per heavy atom. The van der Waals surface area contributed by atoms with Crippen molar-refractivity contribution in [3.63, 3.8) is 0 Å². The van der Waals surface area contributed by atoms with E-state index in [9.17, 15) is 8.78 Å². The average Bonchev–Trinajstić information content (AvgIpc) is 2.77. The molecule has 1 aliphatic rings. The Kier molecular flexibility index (Phi) is 5.96. The fourth-order valence-electron chi connectivity index (χ4n) is 3.26. The second kappa shape index (κ2) is 8.97. The van der Waals surface area contributed by atoms with E-state index >= 15 is 0 Å². The zero-order valence-electron chi connectivity index (χ0n) is 15.9. The van der Waals surface area contributed by atoms with Gasteiger partial charge in [-0.3, -0.25) is 0 Å². The van der Waals surface area contributed by atoms with Gasteiger partial charge in [0.1, 0.15) is 0 Å². The smallest absolute Gasteiger partial charge is 0.200 e. The largest absolute Gasteiger partial charge is 0.462 e. The zero-order chi connectivity index (χ0) is 20.1. The van der Waals surface area contributed by atoms with Crippen LogP contribution in [-0.4, -0.2) is 18.6 Å². The lowest BCUT2D eigenvalue weighted by Gasteiger charge is -2.23. The maximum atomic E-state index is 14.3. The number of rotatable bonds is 5. The van der Waals surface area contributed by atoms with E-state index in [1.807, 2.05) is 60.7 Å². The predicted octanol–water partition coefficient (Wildman–Crippen LogP) is 6.04. The van der Waals surface area contributed by atoms with Crippen molar-refractivity contribution in [3.8, 4) is 5.75 Å². The van der Waals surface area contributed by atoms with Crippen molar-refractivity contribution in [2.24, 2.45) is 4.99 Å². The van der Waals surface area contributed by atoms with Crippen LogP contribution in [0.1, 0.15) is 30.4 Å². The topological polar surface area (TPSA) is 30.8 Å². The molecular weight excluding hydrogens is 372 g/mol. The van der Waals surface area contributed by atoms with Gasteiger partial charge in [0.15, 0.2) is 17.9 Å². The van der Waals surface area contributed by atoms with Crippen molar-refractivity contribution in [1.82, 2.24) is 0 Å². The van der Waals surface area contributed by atoms with Crippen molar-refractivity contribution in [3.05, 3.63) is 95.6 Å². The highest BCUT2D eigenvalue weighted by atomic mass is 19.2. The maximum Gasteiger partial charge on any atom is 0.200 e. The van der Waals surface area contributed by atoms with E-state index in [4.69, 9.17) is 9.47 Å². The van der Waals surface area contributed by atoms with Crippen LogP contribution in [-0.2, 0) is 4.74 Å². The number of benzene rings is 3. The fraction of sp³-hybridized carbons (Fsp3) is 0.208. The van der Waals surface area contributed by atoms with Crippen LogP contribution in [0.2, 0.25) is 0 Å². The van der Waals surface area contributed by atoms with Gasteiger partial charge in [-0.25, -0.2) is 9.38 Å². The molecule has 0 aliphatic carbocycles. The molecule has 1 aliphatic heterocycles. The molecule has 0 saturated carbocycles. The molecule has 1 unspecified atom stereocenters. The van der Waals surface area contributed by atoms with Crippen LogP contribution in [0.25, 0.3) is 0 Å². The summed E-state index contributed by atoms with van der Waals surface area (Å²) >= 11 is 0. The van der Waals surface area contributed by atoms with E-state index in [0.717, 1.165) is 30.0 Å². The van der Waals surface area contributed by atoms with Crippen LogP contribution < -0.4 is 4.74 Å². The molecule has 3 aromatic rings. The van der Waals surface area contributed by atoms with Gasteiger partial charge in [0.05, 0.1) is 18.0 Å². The molecule has 1 atom stereocenters. The number of hydrogen-bond acceptors (Lipinski definition) is 3. The maximum absolute atomic E-state index is 14.3. The molecule has 29 heavy (non-hydrogen) atoms. The molecule has 1 heterocycles. The molecule has 0 amide bonds. The van der Waals surface area contributed by atoms with E-state index in [2.05, 4.69) is 4.99 Å². The standard InChI is InChI=1S/C24H21F2NO2/c25-20-15-19(16-21(23(20)26)29-22-13-7-8-14-28-22)27-24(17-9-3-1-4-10-17)18-11-5-2-6-12-18/h1-6,9-12,15-16,22H,7-8,13-14H2. The third-order valence-electron chi connectivity index (χ3n) is 4.71. The van der Waals surface area contributed by atoms with E-state index in [1.165, 1.54) is 6.07 Å². The summed E-state index contributed by atoms with van der Waals surface area (Å²) < 4.78 is 39.7. The van der Waals surface area contributed by atoms with Crippen molar-refractivity contribution >= 4 is 11.4 Å². The average molecular weight is 393 g/mol. The molecule has 0 spiro atoms. The molecule has 3 nitrogen and oxygen atoms in total. The van der Waals surface area contributed by atoms with Crippen LogP contribution in [0.15, 0.2) is 77.8 Å². The number of ether oxygens (including phenoxy) is 2. The lowest BCUT2D eigenvalue weighted by Crippen LogP contribution is -2.25. The molecule has 4 rings (SSSR count). The third kappa shape index (κ3) is 4.69. The molecular formula is C24H21F2NO2. The van der Waals surface area contributed by atoms with Gasteiger partial charge >= 0.3 is 0 Å². The monoisotopic (exact) mass is 393 g/mol. The predicted molar refractivity (Wildman–Crippen MR) is 109 cm³/mol. The van der Waals surface area contributed by atoms with Gasteiger partial charge in [-0.05, 0) is 12.8 Å². The van der Waals surface area contributed by atoms with Gasteiger partial charge in [-0.15, -0.1) is 0 Å². The Bertz CT molecular complexity index is 943. The summed E-state index contributed by atoms with van der Waals surface area (Å²) in [7, 11) is 0. The molecule has 0 bridgehead atoms. The van der Waals surface area contributed by atoms with Crippen molar-refractivity contribution in [2.75, 3.05) is 6.61 Å². The van der Waals surface area contributed by atoms with E-state index < -0.39 is 17.9 Å². The Hall–Kier alpha value is -3.05. The van der Waals surface area contributed by atoms with Crippen LogP contribution in [0, 0.1) is 11.6 Å². The van der Waals surface area contributed by atoms with E-state index in [-0.39, 0.29) is 11.4 Å². The van der Waals surface area contributed by atoms with Crippen molar-refractivity contribution < 1.29 is 18.3 Å². The number of aliphatic imine (C=N–C) groups is 1. The van der Waals surface area contributed by atoms with Crippen LogP contribution >= 0.6 is 0 Å². The number of hydrogen-bond donors (Lipinski definition) is 0. The minimum absolute atomic E-state index is 0.184. The Labute approximate surface area is 168 Å². The first-order valence-electron chi connectivity index (χ1n) is 9.67. The van der Waals surface area contributed by atoms with Crippen LogP contribution in [0.5, 0.6) is 5.75 Å². The molecule has 5 heteroatoms. The van der Waals surface area contributed by atoms with Gasteiger partial charge in [0.25, 0.3) is 0 Å². The quantitative estimate of drug-likeness (QED) is 0.495. The summed E-state index contributed by atoms with van der Waals surface area (Å²) in [5.41, 5.74) is 2.69. The first kappa shape index (κ1) is 19.3. The summed E-state index contributed by atoms with van der Waals surface area (Å²) in [5, 5.41) is 0. The van der Waals surface area contributed by atoms with Crippen LogP contribution in [0.4, 0.5) is 14.5 Å². The van der Waals surface area contributed by atoms with E-state index in [0.29, 0.717) is 18.7 Å². The first-order valence-corrected chi connectivity index (χ1v) is 9.67. The molecule has 1 fully saturated rings. The highest BCUT2D eigenvalue weighted by Gasteiger charge is 2.20. The normalized spacial score (nSPS) is 16.3. The lowest BCUT2D eigenvalue weighted by atomic mass is 10.0. The van der Waals surface area contributed by atoms with Crippen LogP contribution in [0.3, 0.4) is 0 Å². The van der Waals surface area contributed by atoms with Gasteiger partial charge in [0.2, 0.25) is 5.82 Å². The van der Waals surface area contributed by atoms with Gasteiger partial charge < -0.3 is 9.47 Å². The highest BCUT2D eigenvalue weighted by molar-refractivity contribution is 6.13. The minimum Gasteiger partial charge on any atom is -0.462 e. The summed E-state index contributed by atoms with van der Waals surface area (Å²) in [6, 6.07) is 21.7. The first-order chi connectivity index (χ1) is 14.2. The molecule has 1 saturated heterocycles. The summed E-state index contributed by atoms with van der Waals surface area (Å²) in [5.74, 6) is -2.22. The molecule has 0 aromatic heterocycles. The minimum atomic E-state index is -1.03. The van der Waals surface area contributed by atoms with E-state index in [1.54, 1.807) is 0 Å². The second-order valence-electron chi connectivity index (χ2n) is 6.85. The SMILES string of the molecule is Fc1cc(N=C(c2ccccc2)c2ccccc2)cc(OC2CCCCO2)c1F. The zero-order valence-corrected chi connectivity index (χ0v) is 15.9. The number of nitrogens with zero attached hydrogens (tertiary/aromatic N) is 1. The Morgan fingerprint density at radius 2 is 1.55 bits per heavy atom. The summed E-state index contributed by atoms with van der Waals surface area (Å²) in [6.07, 6.45) is 1.95. The Balaban J connectivity index is 1.74. The van der Waals surface area contributed by atoms with Crippen molar-refractivity contribution in [2.45, 2.75) is 25.6 Å². The Morgan fingerprint density at radius 1 is 0.897 bits per heavy atom. The fourth-order valence-corrected chi connectivity index (χ4v) is 3.26. The second-order valence-corrected chi connectivity index (χ2v) is 6.85. The van der Waals surface area contributed by atoms with Gasteiger partial charge in [-0.1, -0.05) is 60.7 Å². The molecule has 3 aromatic carbocycles. The third-order valence-corrected chi connectivity index (χ3v) is 4.71. The molecule has 148 valence electrons. The molecule has 0 N–H and O–H groups in total. The van der Waals surface area contributed by atoms with Crippen molar-refractivity contribution in [1.29, 1.82) is 0 Å².